The van der Waals surface area contributed by atoms with Gasteiger partial charge in [-0.1, -0.05) is 24.3 Å². The first-order valence-electron chi connectivity index (χ1n) is 9.32. The summed E-state index contributed by atoms with van der Waals surface area (Å²) in [6.45, 7) is 1.74. The number of hydrogen-bond donors (Lipinski definition) is 3. The molecule has 1 heterocycles. The first-order valence-corrected chi connectivity index (χ1v) is 10.9. The van der Waals surface area contributed by atoms with Gasteiger partial charge in [0.2, 0.25) is 15.9 Å². The van der Waals surface area contributed by atoms with E-state index in [2.05, 4.69) is 15.6 Å². The summed E-state index contributed by atoms with van der Waals surface area (Å²) < 4.78 is 22.9. The van der Waals surface area contributed by atoms with Gasteiger partial charge in [0.05, 0.1) is 4.90 Å². The second-order valence-corrected chi connectivity index (χ2v) is 8.35. The van der Waals surface area contributed by atoms with E-state index in [0.717, 1.165) is 29.8 Å². The van der Waals surface area contributed by atoms with Gasteiger partial charge in [0.25, 0.3) is 0 Å². The number of sulfonamides is 1. The zero-order valence-electron chi connectivity index (χ0n) is 16.3. The maximum atomic E-state index is 11.8. The fraction of sp³-hybridized carbons (Fsp3) is 0.300. The van der Waals surface area contributed by atoms with Crippen LogP contribution in [0.25, 0.3) is 0 Å². The zero-order valence-corrected chi connectivity index (χ0v) is 17.1. The van der Waals surface area contributed by atoms with Gasteiger partial charge in [-0.15, -0.1) is 0 Å². The molecule has 1 saturated heterocycles. The molecule has 2 aromatic rings. The molecule has 0 bridgehead atoms. The molecule has 1 aliphatic rings. The van der Waals surface area contributed by atoms with Crippen molar-refractivity contribution >= 4 is 27.6 Å². The van der Waals surface area contributed by atoms with E-state index in [1.165, 1.54) is 12.1 Å². The normalized spacial score (nSPS) is 14.9. The smallest absolute Gasteiger partial charge is 0.238 e. The summed E-state index contributed by atoms with van der Waals surface area (Å²) in [5, 5.41) is 11.5. The first-order chi connectivity index (χ1) is 13.9. The van der Waals surface area contributed by atoms with Gasteiger partial charge < -0.3 is 15.5 Å². The molecule has 3 rings (SSSR count). The maximum Gasteiger partial charge on any atom is 0.238 e. The second-order valence-electron chi connectivity index (χ2n) is 6.79. The minimum atomic E-state index is -3.73. The van der Waals surface area contributed by atoms with Crippen molar-refractivity contribution in [2.24, 2.45) is 10.1 Å². The Morgan fingerprint density at radius 3 is 2.38 bits per heavy atom. The number of amides is 1. The molecule has 2 aromatic carbocycles. The Kier molecular flexibility index (Phi) is 6.50. The summed E-state index contributed by atoms with van der Waals surface area (Å²) in [4.78, 5) is 17.9. The van der Waals surface area contributed by atoms with E-state index >= 15 is 0 Å². The lowest BCUT2D eigenvalue weighted by atomic mass is 10.2. The number of carbonyl (C=O) groups excluding carboxylic acids is 1. The van der Waals surface area contributed by atoms with Gasteiger partial charge in [-0.3, -0.25) is 9.79 Å². The third kappa shape index (κ3) is 5.55. The zero-order chi connectivity index (χ0) is 20.9. The standard InChI is InChI=1S/C20H25N5O3S/c1-22-20(24-14-16-4-2-5-18(12-16)29(21,27)28)23-13-15-7-9-17(10-8-15)25-11-3-6-19(25)26/h2,4-5,7-10,12H,3,6,11,13-14H2,1H3,(H2,21,27,28)(H2,22,23,24). The van der Waals surface area contributed by atoms with Gasteiger partial charge in [-0.05, 0) is 41.8 Å². The van der Waals surface area contributed by atoms with E-state index in [-0.39, 0.29) is 10.8 Å². The Hall–Kier alpha value is -2.91. The molecule has 8 nitrogen and oxygen atoms in total. The van der Waals surface area contributed by atoms with Gasteiger partial charge in [-0.2, -0.15) is 0 Å². The van der Waals surface area contributed by atoms with E-state index in [9.17, 15) is 13.2 Å². The van der Waals surface area contributed by atoms with Crippen LogP contribution in [-0.4, -0.2) is 33.9 Å². The highest BCUT2D eigenvalue weighted by molar-refractivity contribution is 7.89. The number of nitrogens with two attached hydrogens (primary N) is 1. The van der Waals surface area contributed by atoms with E-state index in [4.69, 9.17) is 5.14 Å². The Bertz CT molecular complexity index is 1000. The van der Waals surface area contributed by atoms with E-state index in [1.54, 1.807) is 13.1 Å². The number of hydrogen-bond acceptors (Lipinski definition) is 4. The van der Waals surface area contributed by atoms with E-state index in [0.29, 0.717) is 25.5 Å². The number of benzene rings is 2. The number of aliphatic imine (C=N–C) groups is 1. The van der Waals surface area contributed by atoms with Crippen molar-refractivity contribution in [2.45, 2.75) is 30.8 Å². The number of guanidine groups is 1. The molecule has 1 amide bonds. The van der Waals surface area contributed by atoms with Crippen molar-refractivity contribution < 1.29 is 13.2 Å². The predicted molar refractivity (Wildman–Crippen MR) is 113 cm³/mol. The van der Waals surface area contributed by atoms with Gasteiger partial charge in [0, 0.05) is 38.8 Å². The van der Waals surface area contributed by atoms with Crippen molar-refractivity contribution in [3.63, 3.8) is 0 Å². The van der Waals surface area contributed by atoms with Gasteiger partial charge in [-0.25, -0.2) is 13.6 Å². The molecule has 29 heavy (non-hydrogen) atoms. The molecule has 0 aromatic heterocycles. The number of nitrogens with zero attached hydrogens (tertiary/aromatic N) is 2. The summed E-state index contributed by atoms with van der Waals surface area (Å²) in [5.74, 6) is 0.761. The maximum absolute atomic E-state index is 11.8. The first kappa shape index (κ1) is 20.8. The van der Waals surface area contributed by atoms with Crippen LogP contribution in [0.3, 0.4) is 0 Å². The molecule has 154 valence electrons. The van der Waals surface area contributed by atoms with Crippen LogP contribution in [0.1, 0.15) is 24.0 Å². The van der Waals surface area contributed by atoms with E-state index in [1.807, 2.05) is 35.2 Å². The topological polar surface area (TPSA) is 117 Å². The molecule has 1 fully saturated rings. The molecule has 0 saturated carbocycles. The van der Waals surface area contributed by atoms with Crippen LogP contribution >= 0.6 is 0 Å². The van der Waals surface area contributed by atoms with Crippen molar-refractivity contribution in [3.8, 4) is 0 Å². The Labute approximate surface area is 170 Å². The van der Waals surface area contributed by atoms with Crippen molar-refractivity contribution in [1.29, 1.82) is 0 Å². The van der Waals surface area contributed by atoms with Crippen LogP contribution in [0.5, 0.6) is 0 Å². The third-order valence-electron chi connectivity index (χ3n) is 4.69. The lowest BCUT2D eigenvalue weighted by molar-refractivity contribution is -0.117. The van der Waals surface area contributed by atoms with Gasteiger partial charge >= 0.3 is 0 Å². The van der Waals surface area contributed by atoms with Crippen LogP contribution in [0, 0.1) is 0 Å². The van der Waals surface area contributed by atoms with Crippen molar-refractivity contribution in [2.75, 3.05) is 18.5 Å². The van der Waals surface area contributed by atoms with Crippen molar-refractivity contribution in [3.05, 3.63) is 59.7 Å². The van der Waals surface area contributed by atoms with Crippen LogP contribution in [0.4, 0.5) is 5.69 Å². The lowest BCUT2D eigenvalue weighted by Crippen LogP contribution is -2.36. The highest BCUT2D eigenvalue weighted by Gasteiger charge is 2.21. The number of nitrogens with one attached hydrogen (secondary N) is 2. The van der Waals surface area contributed by atoms with Gasteiger partial charge in [0.15, 0.2) is 5.96 Å². The molecular weight excluding hydrogens is 390 g/mol. The predicted octanol–water partition coefficient (Wildman–Crippen LogP) is 1.33. The monoisotopic (exact) mass is 415 g/mol. The Morgan fingerprint density at radius 2 is 1.79 bits per heavy atom. The fourth-order valence-electron chi connectivity index (χ4n) is 3.14. The highest BCUT2D eigenvalue weighted by Crippen LogP contribution is 2.21. The summed E-state index contributed by atoms with van der Waals surface area (Å²) in [6.07, 6.45) is 1.52. The molecule has 9 heteroatoms. The SMILES string of the molecule is CN=C(NCc1ccc(N2CCCC2=O)cc1)NCc1cccc(S(N)(=O)=O)c1. The average molecular weight is 416 g/mol. The van der Waals surface area contributed by atoms with E-state index < -0.39 is 10.0 Å². The number of primary sulfonamides is 1. The molecule has 0 aliphatic carbocycles. The van der Waals surface area contributed by atoms with Gasteiger partial charge in [0.1, 0.15) is 0 Å². The number of anilines is 1. The lowest BCUT2D eigenvalue weighted by Gasteiger charge is -2.16. The van der Waals surface area contributed by atoms with Crippen LogP contribution in [-0.2, 0) is 27.9 Å². The quantitative estimate of drug-likeness (QED) is 0.486. The summed E-state index contributed by atoms with van der Waals surface area (Å²) >= 11 is 0. The molecule has 1 aliphatic heterocycles. The summed E-state index contributed by atoms with van der Waals surface area (Å²) in [7, 11) is -2.06. The summed E-state index contributed by atoms with van der Waals surface area (Å²) in [6, 6.07) is 14.3. The Morgan fingerprint density at radius 1 is 1.10 bits per heavy atom. The molecule has 0 spiro atoms. The number of rotatable bonds is 6. The number of carbonyl (C=O) groups is 1. The molecule has 0 unspecified atom stereocenters. The molecule has 4 N–H and O–H groups in total. The van der Waals surface area contributed by atoms with Crippen LogP contribution < -0.4 is 20.7 Å². The molecule has 0 atom stereocenters. The average Bonchev–Trinajstić information content (AvgIpc) is 3.14. The van der Waals surface area contributed by atoms with Crippen molar-refractivity contribution in [1.82, 2.24) is 10.6 Å². The third-order valence-corrected chi connectivity index (χ3v) is 5.60. The molecule has 0 radical (unpaired) electrons. The Balaban J connectivity index is 1.54. The van der Waals surface area contributed by atoms with Crippen LogP contribution in [0.15, 0.2) is 58.4 Å². The largest absolute Gasteiger partial charge is 0.352 e. The minimum absolute atomic E-state index is 0.0799. The highest BCUT2D eigenvalue weighted by atomic mass is 32.2. The van der Waals surface area contributed by atoms with Crippen LogP contribution in [0.2, 0.25) is 0 Å². The summed E-state index contributed by atoms with van der Waals surface area (Å²) in [5.41, 5.74) is 2.76. The fourth-order valence-corrected chi connectivity index (χ4v) is 3.72. The second kappa shape index (κ2) is 9.06. The molecular formula is C20H25N5O3S. The minimum Gasteiger partial charge on any atom is -0.352 e.